The lowest BCUT2D eigenvalue weighted by Crippen LogP contribution is -2.30. The maximum absolute atomic E-state index is 13.1. The Kier molecular flexibility index (Phi) is 65.5. The van der Waals surface area contributed by atoms with Gasteiger partial charge in [0.1, 0.15) is 19.3 Å². The number of hydrogen-bond donors (Lipinski definition) is 3. The minimum atomic E-state index is -4.97. The molecule has 0 saturated heterocycles. The Labute approximate surface area is 571 Å². The summed E-state index contributed by atoms with van der Waals surface area (Å²) in [6.45, 7) is 4.73. The smallest absolute Gasteiger partial charge is 0.462 e. The molecule has 0 bridgehead atoms. The number of phosphoric acid groups is 2. The van der Waals surface area contributed by atoms with Crippen LogP contribution < -0.4 is 0 Å². The molecule has 0 aliphatic carbocycles. The molecule has 3 N–H and O–H groups in total. The number of esters is 4. The minimum absolute atomic E-state index is 0.0777. The lowest BCUT2D eigenvalue weighted by atomic mass is 10.1. The van der Waals surface area contributed by atoms with E-state index in [2.05, 4.69) is 101 Å². The molecule has 19 heteroatoms. The highest BCUT2D eigenvalue weighted by Gasteiger charge is 2.30. The Morgan fingerprint density at radius 2 is 0.532 bits per heavy atom. The molecule has 0 amide bonds. The number of hydrogen-bond acceptors (Lipinski definition) is 15. The van der Waals surface area contributed by atoms with E-state index in [1.54, 1.807) is 0 Å². The highest BCUT2D eigenvalue weighted by atomic mass is 31.2. The normalized spacial score (nSPS) is 14.4. The molecule has 17 nitrogen and oxygen atoms in total. The molecule has 0 aromatic carbocycles. The molecule has 0 radical (unpaired) electrons. The van der Waals surface area contributed by atoms with Gasteiger partial charge in [-0.1, -0.05) is 235 Å². The van der Waals surface area contributed by atoms with Crippen LogP contribution in [-0.4, -0.2) is 96.7 Å². The zero-order chi connectivity index (χ0) is 69.0. The Hall–Kier alpha value is -3.50. The molecule has 0 rings (SSSR count). The predicted octanol–water partition coefficient (Wildman–Crippen LogP) is 20.9. The number of unbranched alkanes of at least 4 members (excludes halogenated alkanes) is 32. The molecule has 5 unspecified atom stereocenters. The molecule has 0 aliphatic rings. The minimum Gasteiger partial charge on any atom is -0.462 e. The van der Waals surface area contributed by atoms with Crippen LogP contribution in [-0.2, 0) is 65.4 Å². The lowest BCUT2D eigenvalue weighted by molar-refractivity contribution is -0.161. The van der Waals surface area contributed by atoms with Crippen LogP contribution in [0.15, 0.2) is 72.9 Å². The first-order valence-electron chi connectivity index (χ1n) is 37.2. The van der Waals surface area contributed by atoms with E-state index in [4.69, 9.17) is 37.0 Å². The number of phosphoric ester groups is 2. The Balaban J connectivity index is 5.34. The van der Waals surface area contributed by atoms with Gasteiger partial charge >= 0.3 is 39.5 Å². The summed E-state index contributed by atoms with van der Waals surface area (Å²) in [5, 5.41) is 10.6. The van der Waals surface area contributed by atoms with E-state index in [1.807, 2.05) is 0 Å². The molecule has 5 atom stereocenters. The van der Waals surface area contributed by atoms with Gasteiger partial charge in [0.2, 0.25) is 0 Å². The summed E-state index contributed by atoms with van der Waals surface area (Å²) in [5.74, 6) is -2.21. The van der Waals surface area contributed by atoms with Crippen molar-refractivity contribution in [2.75, 3.05) is 39.6 Å². The fourth-order valence-electron chi connectivity index (χ4n) is 9.84. The summed E-state index contributed by atoms with van der Waals surface area (Å²) < 4.78 is 68.3. The second-order valence-corrected chi connectivity index (χ2v) is 27.8. The first kappa shape index (κ1) is 90.5. The summed E-state index contributed by atoms with van der Waals surface area (Å²) in [7, 11) is -9.94. The van der Waals surface area contributed by atoms with Crippen molar-refractivity contribution in [3.8, 4) is 0 Å². The van der Waals surface area contributed by atoms with E-state index in [0.717, 1.165) is 167 Å². The van der Waals surface area contributed by atoms with Crippen molar-refractivity contribution in [1.29, 1.82) is 0 Å². The highest BCUT2D eigenvalue weighted by molar-refractivity contribution is 7.47. The SMILES string of the molecule is CCCC/C=C\CCCCCCCC(=O)OC(COC(=O)CCCCCCC/C=C\CCCCCC)COP(=O)(O)OCC(O)COP(=O)(O)OCC(COC(=O)CCCCCCC/C=C\C/C=C\CCCCC)OC(=O)CCCCCCC/C=C\C/C=C\CCCCC. The molecule has 0 saturated carbocycles. The largest absolute Gasteiger partial charge is 0.472 e. The van der Waals surface area contributed by atoms with Gasteiger partial charge in [-0.25, -0.2) is 9.13 Å². The van der Waals surface area contributed by atoms with Gasteiger partial charge in [0.15, 0.2) is 12.2 Å². The maximum atomic E-state index is 13.1. The molecule has 0 heterocycles. The summed E-state index contributed by atoms with van der Waals surface area (Å²) in [6, 6.07) is 0. The van der Waals surface area contributed by atoms with Crippen molar-refractivity contribution in [3.63, 3.8) is 0 Å². The Bertz CT molecular complexity index is 2070. The van der Waals surface area contributed by atoms with Gasteiger partial charge < -0.3 is 33.8 Å². The second-order valence-electron chi connectivity index (χ2n) is 24.9. The van der Waals surface area contributed by atoms with Gasteiger partial charge in [0.05, 0.1) is 26.4 Å². The van der Waals surface area contributed by atoms with Crippen LogP contribution in [0.2, 0.25) is 0 Å². The van der Waals surface area contributed by atoms with Gasteiger partial charge in [-0.05, 0) is 135 Å². The third-order valence-corrected chi connectivity index (χ3v) is 17.5. The molecular formula is C75H134O17P2. The number of carbonyl (C=O) groups is 4. The predicted molar refractivity (Wildman–Crippen MR) is 381 cm³/mol. The Morgan fingerprint density at radius 1 is 0.298 bits per heavy atom. The molecule has 94 heavy (non-hydrogen) atoms. The van der Waals surface area contributed by atoms with E-state index in [9.17, 15) is 43.2 Å². The van der Waals surface area contributed by atoms with Crippen LogP contribution in [0, 0.1) is 0 Å². The van der Waals surface area contributed by atoms with Crippen molar-refractivity contribution in [3.05, 3.63) is 72.9 Å². The van der Waals surface area contributed by atoms with E-state index in [-0.39, 0.29) is 25.7 Å². The summed E-state index contributed by atoms with van der Waals surface area (Å²) >= 11 is 0. The van der Waals surface area contributed by atoms with Crippen molar-refractivity contribution in [1.82, 2.24) is 0 Å². The van der Waals surface area contributed by atoms with Crippen molar-refractivity contribution >= 4 is 39.5 Å². The van der Waals surface area contributed by atoms with Crippen molar-refractivity contribution < 1.29 is 80.2 Å². The molecule has 0 aromatic rings. The van der Waals surface area contributed by atoms with E-state index in [0.29, 0.717) is 25.7 Å². The number of rotatable bonds is 70. The highest BCUT2D eigenvalue weighted by Crippen LogP contribution is 2.45. The molecular weight excluding hydrogens is 1230 g/mol. The fraction of sp³-hybridized carbons (Fsp3) is 0.787. The van der Waals surface area contributed by atoms with Crippen LogP contribution in [0.3, 0.4) is 0 Å². The van der Waals surface area contributed by atoms with Crippen LogP contribution in [0.5, 0.6) is 0 Å². The van der Waals surface area contributed by atoms with Crippen LogP contribution >= 0.6 is 15.6 Å². The molecule has 0 aliphatic heterocycles. The zero-order valence-corrected chi connectivity index (χ0v) is 61.2. The molecule has 0 spiro atoms. The summed E-state index contributed by atoms with van der Waals surface area (Å²) in [6.07, 6.45) is 66.1. The molecule has 0 fully saturated rings. The van der Waals surface area contributed by atoms with Crippen LogP contribution in [0.4, 0.5) is 0 Å². The number of ether oxygens (including phenoxy) is 4. The van der Waals surface area contributed by atoms with Crippen molar-refractivity contribution in [2.45, 2.75) is 341 Å². The fourth-order valence-corrected chi connectivity index (χ4v) is 11.4. The van der Waals surface area contributed by atoms with E-state index >= 15 is 0 Å². The number of aliphatic hydroxyl groups excluding tert-OH is 1. The number of allylic oxidation sites excluding steroid dienone is 12. The maximum Gasteiger partial charge on any atom is 0.472 e. The quantitative estimate of drug-likeness (QED) is 0.0169. The number of carbonyl (C=O) groups excluding carboxylic acids is 4. The summed E-state index contributed by atoms with van der Waals surface area (Å²) in [4.78, 5) is 72.7. The number of aliphatic hydroxyl groups is 1. The van der Waals surface area contributed by atoms with Gasteiger partial charge in [-0.15, -0.1) is 0 Å². The van der Waals surface area contributed by atoms with Crippen LogP contribution in [0.1, 0.15) is 323 Å². The summed E-state index contributed by atoms with van der Waals surface area (Å²) in [5.41, 5.74) is 0. The topological polar surface area (TPSA) is 237 Å². The first-order chi connectivity index (χ1) is 45.7. The van der Waals surface area contributed by atoms with Gasteiger partial charge in [0.25, 0.3) is 0 Å². The first-order valence-corrected chi connectivity index (χ1v) is 40.2. The van der Waals surface area contributed by atoms with E-state index in [1.165, 1.54) is 77.0 Å². The standard InChI is InChI=1S/C75H134O17P2/c1-5-9-13-17-21-25-29-32-34-37-41-44-48-52-56-60-73(78)86-66-71(92-75(80)62-58-54-50-46-42-38-35-33-30-26-22-18-14-10-6-2)68-90-94(83,84)88-64-69(76)63-87-93(81,82)89-67-70(91-74(79)61-57-53-49-45-39-28-24-20-16-12-8-4)65-85-72(77)59-55-51-47-43-40-36-31-27-23-19-15-11-7-3/h20-22,24-27,31-35,69-71,76H,5-19,23,28-30,36-68H2,1-4H3,(H,81,82)(H,83,84)/b24-20-,25-21-,26-22-,31-27-,34-32-,35-33-. The monoisotopic (exact) mass is 1370 g/mol. The third kappa shape index (κ3) is 67.1. The molecule has 546 valence electrons. The van der Waals surface area contributed by atoms with Gasteiger partial charge in [-0.3, -0.25) is 37.3 Å². The van der Waals surface area contributed by atoms with Gasteiger partial charge in [-0.2, -0.15) is 0 Å². The Morgan fingerprint density at radius 3 is 0.851 bits per heavy atom. The average molecular weight is 1370 g/mol. The molecule has 0 aromatic heterocycles. The van der Waals surface area contributed by atoms with Crippen LogP contribution in [0.25, 0.3) is 0 Å². The van der Waals surface area contributed by atoms with Gasteiger partial charge in [0, 0.05) is 25.7 Å². The van der Waals surface area contributed by atoms with E-state index < -0.39 is 97.5 Å². The zero-order valence-electron chi connectivity index (χ0n) is 59.4. The second kappa shape index (κ2) is 68.0. The lowest BCUT2D eigenvalue weighted by Gasteiger charge is -2.21. The average Bonchev–Trinajstić information content (AvgIpc) is 1.36. The third-order valence-electron chi connectivity index (χ3n) is 15.6. The van der Waals surface area contributed by atoms with Crippen molar-refractivity contribution in [2.24, 2.45) is 0 Å².